The topological polar surface area (TPSA) is 112 Å². The Kier molecular flexibility index (Phi) is 5.76. The number of carbonyl (C=O) groups is 1. The van der Waals surface area contributed by atoms with Gasteiger partial charge in [-0.2, -0.15) is 0 Å². The Morgan fingerprint density at radius 3 is 2.18 bits per heavy atom. The van der Waals surface area contributed by atoms with E-state index in [0.29, 0.717) is 29.4 Å². The molecule has 148 valence electrons. The zero-order valence-electron chi connectivity index (χ0n) is 15.7. The summed E-state index contributed by atoms with van der Waals surface area (Å²) in [6.45, 7) is 0.414. The Balaban J connectivity index is 1.78. The number of benzene rings is 2. The van der Waals surface area contributed by atoms with Gasteiger partial charge >= 0.3 is 0 Å². The largest absolute Gasteiger partial charge is 0.493 e. The van der Waals surface area contributed by atoms with Crippen molar-refractivity contribution in [2.45, 2.75) is 12.2 Å². The van der Waals surface area contributed by atoms with Crippen molar-refractivity contribution in [3.63, 3.8) is 0 Å². The predicted octanol–water partition coefficient (Wildman–Crippen LogP) is 2.06. The third-order valence-corrected chi connectivity index (χ3v) is 4.60. The first kappa shape index (κ1) is 19.6. The minimum atomic E-state index is -0.469. The summed E-state index contributed by atoms with van der Waals surface area (Å²) in [7, 11) is 4.48. The van der Waals surface area contributed by atoms with E-state index < -0.39 is 11.0 Å². The average Bonchev–Trinajstić information content (AvgIpc) is 3.22. The van der Waals surface area contributed by atoms with Crippen molar-refractivity contribution in [2.24, 2.45) is 0 Å². The van der Waals surface area contributed by atoms with Crippen LogP contribution in [0, 0.1) is 10.1 Å². The normalized spacial score (nSPS) is 18.5. The molecule has 2 atom stereocenters. The first-order valence-corrected chi connectivity index (χ1v) is 8.56. The lowest BCUT2D eigenvalue weighted by Crippen LogP contribution is -2.34. The summed E-state index contributed by atoms with van der Waals surface area (Å²) in [5.74, 6) is 1.10. The number of rotatable bonds is 7. The molecule has 1 aliphatic heterocycles. The summed E-state index contributed by atoms with van der Waals surface area (Å²) in [5.41, 5.74) is 1.26. The number of nitro groups is 1. The zero-order chi connectivity index (χ0) is 20.3. The molecule has 28 heavy (non-hydrogen) atoms. The lowest BCUT2D eigenvalue weighted by atomic mass is 10.0. The van der Waals surface area contributed by atoms with E-state index in [4.69, 9.17) is 14.2 Å². The summed E-state index contributed by atoms with van der Waals surface area (Å²) in [5, 5.41) is 17.2. The number of hydrogen-bond acceptors (Lipinski definition) is 8. The fraction of sp³-hybridized carbons (Fsp3) is 0.316. The highest BCUT2D eigenvalue weighted by atomic mass is 16.6. The summed E-state index contributed by atoms with van der Waals surface area (Å²) in [6, 6.07) is 8.96. The lowest BCUT2D eigenvalue weighted by Gasteiger charge is -2.16. The molecule has 2 aromatic rings. The van der Waals surface area contributed by atoms with E-state index in [0.717, 1.165) is 5.56 Å². The molecule has 2 unspecified atom stereocenters. The highest BCUT2D eigenvalue weighted by Crippen LogP contribution is 2.38. The van der Waals surface area contributed by atoms with Crippen molar-refractivity contribution in [1.29, 1.82) is 0 Å². The molecule has 2 N–H and O–H groups in total. The fourth-order valence-electron chi connectivity index (χ4n) is 3.15. The Morgan fingerprint density at radius 2 is 1.68 bits per heavy atom. The third-order valence-electron chi connectivity index (χ3n) is 4.60. The van der Waals surface area contributed by atoms with Gasteiger partial charge in [-0.25, -0.2) is 0 Å². The van der Waals surface area contributed by atoms with Crippen LogP contribution < -0.4 is 24.8 Å². The maximum Gasteiger partial charge on any atom is 0.269 e. The second-order valence-electron chi connectivity index (χ2n) is 6.19. The van der Waals surface area contributed by atoms with Crippen LogP contribution in [0.15, 0.2) is 36.4 Å². The number of nitrogens with zero attached hydrogens (tertiary/aromatic N) is 1. The number of hydrogen-bond donors (Lipinski definition) is 2. The molecule has 0 aliphatic carbocycles. The highest BCUT2D eigenvalue weighted by Gasteiger charge is 2.31. The number of nitro benzene ring substituents is 1. The van der Waals surface area contributed by atoms with Crippen LogP contribution >= 0.6 is 0 Å². The molecule has 2 aromatic carbocycles. The van der Waals surface area contributed by atoms with E-state index in [-0.39, 0.29) is 17.6 Å². The molecule has 1 fully saturated rings. The Hall–Kier alpha value is -3.17. The van der Waals surface area contributed by atoms with Crippen molar-refractivity contribution in [3.05, 3.63) is 57.6 Å². The molecule has 1 heterocycles. The molecule has 9 nitrogen and oxygen atoms in total. The molecule has 9 heteroatoms. The van der Waals surface area contributed by atoms with Gasteiger partial charge in [0, 0.05) is 24.2 Å². The highest BCUT2D eigenvalue weighted by molar-refractivity contribution is 6.01. The van der Waals surface area contributed by atoms with E-state index >= 15 is 0 Å². The van der Waals surface area contributed by atoms with Crippen LogP contribution in [0.1, 0.15) is 22.1 Å². The number of methoxy groups -OCH3 is 3. The number of non-ortho nitro benzene ring substituents is 1. The SMILES string of the molecule is COc1cc(C(=O)C2CNC(c3ccc([N+](=O)[O-])cc3)N2)cc(OC)c1OC. The fourth-order valence-corrected chi connectivity index (χ4v) is 3.15. The van der Waals surface area contributed by atoms with E-state index in [1.54, 1.807) is 24.3 Å². The minimum Gasteiger partial charge on any atom is -0.493 e. The second kappa shape index (κ2) is 8.24. The van der Waals surface area contributed by atoms with Crippen LogP contribution in [0.2, 0.25) is 0 Å². The van der Waals surface area contributed by atoms with Gasteiger partial charge in [-0.1, -0.05) is 0 Å². The second-order valence-corrected chi connectivity index (χ2v) is 6.19. The van der Waals surface area contributed by atoms with E-state index in [9.17, 15) is 14.9 Å². The van der Waals surface area contributed by atoms with Gasteiger partial charge in [-0.15, -0.1) is 0 Å². The molecule has 3 rings (SSSR count). The molecule has 0 radical (unpaired) electrons. The van der Waals surface area contributed by atoms with Crippen molar-refractivity contribution in [3.8, 4) is 17.2 Å². The maximum absolute atomic E-state index is 13.0. The molecule has 0 saturated carbocycles. The van der Waals surface area contributed by atoms with Gasteiger partial charge in [0.05, 0.1) is 38.5 Å². The average molecular weight is 387 g/mol. The first-order valence-electron chi connectivity index (χ1n) is 8.56. The predicted molar refractivity (Wildman–Crippen MR) is 101 cm³/mol. The number of ether oxygens (including phenoxy) is 3. The Labute approximate surface area is 161 Å². The van der Waals surface area contributed by atoms with Crippen molar-refractivity contribution in [1.82, 2.24) is 10.6 Å². The lowest BCUT2D eigenvalue weighted by molar-refractivity contribution is -0.384. The summed E-state index contributed by atoms with van der Waals surface area (Å²) in [6.07, 6.45) is -0.281. The van der Waals surface area contributed by atoms with Crippen LogP contribution in [0.4, 0.5) is 5.69 Å². The van der Waals surface area contributed by atoms with Gasteiger partial charge in [0.2, 0.25) is 5.75 Å². The van der Waals surface area contributed by atoms with Gasteiger partial charge in [0.1, 0.15) is 0 Å². The van der Waals surface area contributed by atoms with Gasteiger partial charge in [-0.3, -0.25) is 25.5 Å². The standard InChI is InChI=1S/C19H21N3O6/c1-26-15-8-12(9-16(27-2)18(15)28-3)17(23)14-10-20-19(21-14)11-4-6-13(7-5-11)22(24)25/h4-9,14,19-21H,10H2,1-3H3. The van der Waals surface area contributed by atoms with E-state index in [1.807, 2.05) is 0 Å². The first-order chi connectivity index (χ1) is 13.5. The van der Waals surface area contributed by atoms with Crippen molar-refractivity contribution < 1.29 is 23.9 Å². The monoisotopic (exact) mass is 387 g/mol. The van der Waals surface area contributed by atoms with E-state index in [1.165, 1.54) is 33.5 Å². The summed E-state index contributed by atoms with van der Waals surface area (Å²) >= 11 is 0. The molecule has 0 spiro atoms. The maximum atomic E-state index is 13.0. The van der Waals surface area contributed by atoms with Crippen LogP contribution in [0.5, 0.6) is 17.2 Å². The van der Waals surface area contributed by atoms with Crippen molar-refractivity contribution in [2.75, 3.05) is 27.9 Å². The number of ketones is 1. The van der Waals surface area contributed by atoms with Crippen molar-refractivity contribution >= 4 is 11.5 Å². The third kappa shape index (κ3) is 3.75. The Bertz CT molecular complexity index is 859. The number of nitrogens with one attached hydrogen (secondary N) is 2. The van der Waals surface area contributed by atoms with Crippen LogP contribution in [0.25, 0.3) is 0 Å². The summed E-state index contributed by atoms with van der Waals surface area (Å²) < 4.78 is 15.9. The molecule has 1 aliphatic rings. The van der Waals surface area contributed by atoms with Crippen LogP contribution in [-0.4, -0.2) is 44.6 Å². The van der Waals surface area contributed by atoms with Gasteiger partial charge in [0.25, 0.3) is 5.69 Å². The number of carbonyl (C=O) groups excluding carboxylic acids is 1. The molecule has 0 aromatic heterocycles. The quantitative estimate of drug-likeness (QED) is 0.422. The smallest absolute Gasteiger partial charge is 0.269 e. The van der Waals surface area contributed by atoms with Gasteiger partial charge in [-0.05, 0) is 29.8 Å². The van der Waals surface area contributed by atoms with Crippen LogP contribution in [0.3, 0.4) is 0 Å². The minimum absolute atomic E-state index is 0.0202. The zero-order valence-corrected chi connectivity index (χ0v) is 15.7. The van der Waals surface area contributed by atoms with Gasteiger partial charge < -0.3 is 14.2 Å². The van der Waals surface area contributed by atoms with Gasteiger partial charge in [0.15, 0.2) is 17.3 Å². The molecule has 0 bridgehead atoms. The number of Topliss-reactive ketones (excluding diaryl/α,β-unsaturated/α-hetero) is 1. The Morgan fingerprint density at radius 1 is 1.07 bits per heavy atom. The van der Waals surface area contributed by atoms with Crippen LogP contribution in [-0.2, 0) is 0 Å². The summed E-state index contributed by atoms with van der Waals surface area (Å²) in [4.78, 5) is 23.3. The molecule has 0 amide bonds. The molecule has 1 saturated heterocycles. The van der Waals surface area contributed by atoms with E-state index in [2.05, 4.69) is 10.6 Å². The molecular formula is C19H21N3O6. The molecular weight excluding hydrogens is 366 g/mol.